The van der Waals surface area contributed by atoms with E-state index in [1.54, 1.807) is 23.1 Å². The van der Waals surface area contributed by atoms with Crippen molar-refractivity contribution in [2.75, 3.05) is 26.2 Å². The molecule has 0 radical (unpaired) electrons. The Labute approximate surface area is 135 Å². The van der Waals surface area contributed by atoms with Crippen molar-refractivity contribution in [3.05, 3.63) is 35.6 Å². The fourth-order valence-corrected chi connectivity index (χ4v) is 3.26. The first-order valence-electron chi connectivity index (χ1n) is 8.10. The zero-order chi connectivity index (χ0) is 16.2. The Morgan fingerprint density at radius 3 is 2.61 bits per heavy atom. The number of hydrogen-bond acceptors (Lipinski definition) is 3. The third-order valence-corrected chi connectivity index (χ3v) is 4.62. The Morgan fingerprint density at radius 1 is 1.22 bits per heavy atom. The number of halogens is 1. The minimum atomic E-state index is -0.258. The summed E-state index contributed by atoms with van der Waals surface area (Å²) in [5.41, 5.74) is 0.579. The van der Waals surface area contributed by atoms with Gasteiger partial charge in [0, 0.05) is 25.6 Å². The van der Waals surface area contributed by atoms with E-state index in [-0.39, 0.29) is 23.9 Å². The van der Waals surface area contributed by atoms with E-state index in [2.05, 4.69) is 0 Å². The van der Waals surface area contributed by atoms with E-state index in [1.807, 2.05) is 4.90 Å². The Bertz CT molecular complexity index is 585. The van der Waals surface area contributed by atoms with Crippen LogP contribution in [0.3, 0.4) is 0 Å². The van der Waals surface area contributed by atoms with Gasteiger partial charge < -0.3 is 14.5 Å². The summed E-state index contributed by atoms with van der Waals surface area (Å²) in [5, 5.41) is 0. The number of nitrogens with zero attached hydrogens (tertiary/aromatic N) is 2. The Kier molecular flexibility index (Phi) is 4.79. The van der Waals surface area contributed by atoms with Gasteiger partial charge in [-0.25, -0.2) is 9.18 Å². The molecular formula is C17H21FN2O3. The van der Waals surface area contributed by atoms with Gasteiger partial charge in [0.25, 0.3) is 0 Å². The molecule has 0 aliphatic carbocycles. The van der Waals surface area contributed by atoms with E-state index in [0.717, 1.165) is 12.8 Å². The number of piperidine rings is 1. The number of aryl methyl sites for hydroxylation is 1. The van der Waals surface area contributed by atoms with E-state index < -0.39 is 0 Å². The van der Waals surface area contributed by atoms with Crippen molar-refractivity contribution in [2.45, 2.75) is 31.7 Å². The third kappa shape index (κ3) is 3.63. The van der Waals surface area contributed by atoms with Gasteiger partial charge in [-0.1, -0.05) is 18.2 Å². The number of carbonyl (C=O) groups is 2. The average Bonchev–Trinajstić information content (AvgIpc) is 3.00. The largest absolute Gasteiger partial charge is 0.448 e. The average molecular weight is 320 g/mol. The van der Waals surface area contributed by atoms with Crippen molar-refractivity contribution in [2.24, 2.45) is 0 Å². The van der Waals surface area contributed by atoms with Gasteiger partial charge in [-0.2, -0.15) is 0 Å². The van der Waals surface area contributed by atoms with Crippen LogP contribution in [0.4, 0.5) is 9.18 Å². The molecule has 3 rings (SSSR count). The second-order valence-corrected chi connectivity index (χ2v) is 6.01. The van der Waals surface area contributed by atoms with Crippen molar-refractivity contribution in [1.82, 2.24) is 9.80 Å². The highest BCUT2D eigenvalue weighted by atomic mass is 19.1. The number of amides is 2. The summed E-state index contributed by atoms with van der Waals surface area (Å²) in [5.74, 6) is -0.206. The molecule has 2 saturated heterocycles. The van der Waals surface area contributed by atoms with Gasteiger partial charge in [0.2, 0.25) is 5.91 Å². The fourth-order valence-electron chi connectivity index (χ4n) is 3.26. The number of carbonyl (C=O) groups excluding carboxylic acids is 2. The first-order valence-corrected chi connectivity index (χ1v) is 8.10. The minimum absolute atomic E-state index is 0.0516. The van der Waals surface area contributed by atoms with Crippen molar-refractivity contribution in [3.63, 3.8) is 0 Å². The van der Waals surface area contributed by atoms with Crippen LogP contribution in [0, 0.1) is 5.82 Å². The van der Waals surface area contributed by atoms with Crippen LogP contribution in [0.5, 0.6) is 0 Å². The molecule has 0 atom stereocenters. The summed E-state index contributed by atoms with van der Waals surface area (Å²) < 4.78 is 18.5. The van der Waals surface area contributed by atoms with Crippen molar-refractivity contribution in [3.8, 4) is 0 Å². The van der Waals surface area contributed by atoms with Crippen LogP contribution < -0.4 is 0 Å². The van der Waals surface area contributed by atoms with Gasteiger partial charge in [0.1, 0.15) is 12.4 Å². The molecule has 23 heavy (non-hydrogen) atoms. The SMILES string of the molecule is O=C(CCc1ccccc1F)N1CCC(N2CCOC2=O)CC1. The van der Waals surface area contributed by atoms with Crippen LogP contribution in [0.2, 0.25) is 0 Å². The lowest BCUT2D eigenvalue weighted by Gasteiger charge is -2.35. The molecule has 0 saturated carbocycles. The zero-order valence-corrected chi connectivity index (χ0v) is 13.0. The van der Waals surface area contributed by atoms with Gasteiger partial charge >= 0.3 is 6.09 Å². The molecular weight excluding hydrogens is 299 g/mol. The summed E-state index contributed by atoms with van der Waals surface area (Å²) in [4.78, 5) is 27.4. The maximum Gasteiger partial charge on any atom is 0.410 e. The normalized spacial score (nSPS) is 19.1. The monoisotopic (exact) mass is 320 g/mol. The van der Waals surface area contributed by atoms with Crippen molar-refractivity contribution >= 4 is 12.0 Å². The summed E-state index contributed by atoms with van der Waals surface area (Å²) in [7, 11) is 0. The lowest BCUT2D eigenvalue weighted by atomic mass is 10.0. The summed E-state index contributed by atoms with van der Waals surface area (Å²) >= 11 is 0. The van der Waals surface area contributed by atoms with E-state index >= 15 is 0 Å². The molecule has 1 aromatic rings. The molecule has 2 fully saturated rings. The Morgan fingerprint density at radius 2 is 1.96 bits per heavy atom. The Hall–Kier alpha value is -2.11. The molecule has 2 amide bonds. The second kappa shape index (κ2) is 6.98. The van der Waals surface area contributed by atoms with Crippen LogP contribution in [-0.2, 0) is 16.0 Å². The topological polar surface area (TPSA) is 49.9 Å². The van der Waals surface area contributed by atoms with Gasteiger partial charge in [-0.15, -0.1) is 0 Å². The number of rotatable bonds is 4. The summed E-state index contributed by atoms with van der Waals surface area (Å²) in [6, 6.07) is 6.73. The first-order chi connectivity index (χ1) is 11.1. The van der Waals surface area contributed by atoms with Gasteiger partial charge in [-0.3, -0.25) is 4.79 Å². The van der Waals surface area contributed by atoms with E-state index in [1.165, 1.54) is 6.07 Å². The van der Waals surface area contributed by atoms with Crippen LogP contribution in [0.15, 0.2) is 24.3 Å². The number of ether oxygens (including phenoxy) is 1. The number of hydrogen-bond donors (Lipinski definition) is 0. The number of cyclic esters (lactones) is 1. The summed E-state index contributed by atoms with van der Waals surface area (Å²) in [6.45, 7) is 2.39. The molecule has 1 aromatic carbocycles. The molecule has 2 aliphatic heterocycles. The predicted octanol–water partition coefficient (Wildman–Crippen LogP) is 2.20. The highest BCUT2D eigenvalue weighted by molar-refractivity contribution is 5.76. The molecule has 2 aliphatic rings. The van der Waals surface area contributed by atoms with E-state index in [4.69, 9.17) is 4.74 Å². The Balaban J connectivity index is 1.47. The fraction of sp³-hybridized carbons (Fsp3) is 0.529. The molecule has 0 N–H and O–H groups in total. The number of benzene rings is 1. The lowest BCUT2D eigenvalue weighted by molar-refractivity contribution is -0.132. The molecule has 5 nitrogen and oxygen atoms in total. The van der Waals surface area contributed by atoms with Crippen LogP contribution in [0.25, 0.3) is 0 Å². The minimum Gasteiger partial charge on any atom is -0.448 e. The van der Waals surface area contributed by atoms with Crippen molar-refractivity contribution in [1.29, 1.82) is 0 Å². The van der Waals surface area contributed by atoms with Gasteiger partial charge in [0.15, 0.2) is 0 Å². The molecule has 124 valence electrons. The van der Waals surface area contributed by atoms with Crippen LogP contribution in [0.1, 0.15) is 24.8 Å². The van der Waals surface area contributed by atoms with Gasteiger partial charge in [-0.05, 0) is 30.9 Å². The van der Waals surface area contributed by atoms with Crippen LogP contribution >= 0.6 is 0 Å². The first kappa shape index (κ1) is 15.8. The maximum atomic E-state index is 13.6. The quantitative estimate of drug-likeness (QED) is 0.854. The smallest absolute Gasteiger partial charge is 0.410 e. The highest BCUT2D eigenvalue weighted by Gasteiger charge is 2.33. The van der Waals surface area contributed by atoms with E-state index in [9.17, 15) is 14.0 Å². The highest BCUT2D eigenvalue weighted by Crippen LogP contribution is 2.21. The molecule has 0 spiro atoms. The van der Waals surface area contributed by atoms with Gasteiger partial charge in [0.05, 0.1) is 6.54 Å². The zero-order valence-electron chi connectivity index (χ0n) is 13.0. The molecule has 6 heteroatoms. The second-order valence-electron chi connectivity index (χ2n) is 6.01. The molecule has 0 unspecified atom stereocenters. The third-order valence-electron chi connectivity index (χ3n) is 4.62. The summed E-state index contributed by atoms with van der Waals surface area (Å²) in [6.07, 6.45) is 2.05. The maximum absolute atomic E-state index is 13.6. The molecule has 0 aromatic heterocycles. The number of likely N-dealkylation sites (tertiary alicyclic amines) is 1. The molecule has 0 bridgehead atoms. The van der Waals surface area contributed by atoms with Crippen molar-refractivity contribution < 1.29 is 18.7 Å². The standard InChI is InChI=1S/C17H21FN2O3/c18-15-4-2-1-3-13(15)5-6-16(21)19-9-7-14(8-10-19)20-11-12-23-17(20)22/h1-4,14H,5-12H2. The molecule has 2 heterocycles. The predicted molar refractivity (Wildman–Crippen MR) is 82.4 cm³/mol. The lowest BCUT2D eigenvalue weighted by Crippen LogP contribution is -2.47. The van der Waals surface area contributed by atoms with Crippen LogP contribution in [-0.4, -0.2) is 54.1 Å². The van der Waals surface area contributed by atoms with E-state index in [0.29, 0.717) is 44.6 Å².